The second kappa shape index (κ2) is 8.67. The van der Waals surface area contributed by atoms with Crippen LogP contribution in [0.5, 0.6) is 5.88 Å². The number of hydrogen-bond donors (Lipinski definition) is 1. The molecule has 1 saturated carbocycles. The number of methoxy groups -OCH3 is 1. The maximum atomic E-state index is 14.5. The fraction of sp³-hybridized carbons (Fsp3) is 0.478. The number of rotatable bonds is 5. The first-order valence-corrected chi connectivity index (χ1v) is 11.6. The smallest absolute Gasteiger partial charge is 0.242 e. The van der Waals surface area contributed by atoms with Crippen molar-refractivity contribution in [1.82, 2.24) is 25.0 Å². The Morgan fingerprint density at radius 1 is 1.11 bits per heavy atom. The molecule has 4 heterocycles. The summed E-state index contributed by atoms with van der Waals surface area (Å²) >= 11 is 0. The molecule has 1 N–H and O–H groups in total. The van der Waals surface area contributed by atoms with Crippen molar-refractivity contribution in [3.8, 4) is 5.88 Å². The zero-order valence-corrected chi connectivity index (χ0v) is 19.0. The Kier molecular flexibility index (Phi) is 5.47. The van der Waals surface area contributed by atoms with E-state index in [1.807, 2.05) is 6.07 Å². The number of fused-ring (bicyclic) bond motifs is 3. The van der Waals surface area contributed by atoms with E-state index in [9.17, 15) is 13.2 Å². The van der Waals surface area contributed by atoms with Crippen LogP contribution in [0.4, 0.5) is 24.8 Å². The van der Waals surface area contributed by atoms with Crippen molar-refractivity contribution in [2.45, 2.75) is 31.5 Å². The molecule has 2 bridgehead atoms. The molecule has 3 aliphatic rings. The van der Waals surface area contributed by atoms with Gasteiger partial charge in [-0.25, -0.2) is 17.9 Å². The van der Waals surface area contributed by atoms with E-state index in [1.54, 1.807) is 18.0 Å². The lowest BCUT2D eigenvalue weighted by atomic mass is 9.92. The lowest BCUT2D eigenvalue weighted by molar-refractivity contribution is 0.0364. The number of halogens is 3. The molecule has 1 aliphatic carbocycles. The summed E-state index contributed by atoms with van der Waals surface area (Å²) in [7, 11) is 1.57. The highest BCUT2D eigenvalue weighted by atomic mass is 19.2. The third kappa shape index (κ3) is 3.85. The van der Waals surface area contributed by atoms with Gasteiger partial charge in [0.15, 0.2) is 23.3 Å². The average Bonchev–Trinajstić information content (AvgIpc) is 3.38. The highest BCUT2D eigenvalue weighted by Crippen LogP contribution is 2.40. The molecule has 9 nitrogen and oxygen atoms in total. The zero-order chi connectivity index (χ0) is 24.1. The van der Waals surface area contributed by atoms with Crippen LogP contribution in [0.1, 0.15) is 30.3 Å². The van der Waals surface area contributed by atoms with Crippen LogP contribution >= 0.6 is 0 Å². The SMILES string of the molecule is COc1cc(N2C[C@H]3CC[C@H](C2)C3Nc2nc3n(n2)CCO[C@@H]3c2ccc(F)c(F)c2F)cnn1. The third-order valence-electron chi connectivity index (χ3n) is 7.19. The summed E-state index contributed by atoms with van der Waals surface area (Å²) < 4.78 is 54.3. The minimum absolute atomic E-state index is 0.0985. The van der Waals surface area contributed by atoms with Crippen molar-refractivity contribution in [2.75, 3.05) is 37.0 Å². The number of hydrogen-bond acceptors (Lipinski definition) is 8. The van der Waals surface area contributed by atoms with Crippen molar-refractivity contribution in [3.63, 3.8) is 0 Å². The van der Waals surface area contributed by atoms with Crippen molar-refractivity contribution in [1.29, 1.82) is 0 Å². The first-order chi connectivity index (χ1) is 17.0. The van der Waals surface area contributed by atoms with Crippen LogP contribution < -0.4 is 15.0 Å². The van der Waals surface area contributed by atoms with Crippen LogP contribution in [0.3, 0.4) is 0 Å². The maximum absolute atomic E-state index is 14.5. The van der Waals surface area contributed by atoms with Gasteiger partial charge in [-0.05, 0) is 36.8 Å². The summed E-state index contributed by atoms with van der Waals surface area (Å²) in [5.74, 6) is -2.00. The summed E-state index contributed by atoms with van der Waals surface area (Å²) in [6, 6.07) is 4.16. The number of aromatic nitrogens is 5. The second-order valence-corrected chi connectivity index (χ2v) is 9.16. The summed E-state index contributed by atoms with van der Waals surface area (Å²) in [5.41, 5.74) is 0.884. The largest absolute Gasteiger partial charge is 0.480 e. The topological polar surface area (TPSA) is 90.2 Å². The predicted molar refractivity (Wildman–Crippen MR) is 119 cm³/mol. The van der Waals surface area contributed by atoms with Crippen molar-refractivity contribution in [3.05, 3.63) is 53.2 Å². The number of ether oxygens (including phenoxy) is 2. The van der Waals surface area contributed by atoms with Crippen LogP contribution in [0, 0.1) is 29.3 Å². The summed E-state index contributed by atoms with van der Waals surface area (Å²) in [6.45, 7) is 2.39. The van der Waals surface area contributed by atoms with E-state index in [-0.39, 0.29) is 18.2 Å². The maximum Gasteiger partial charge on any atom is 0.242 e. The quantitative estimate of drug-likeness (QED) is 0.550. The van der Waals surface area contributed by atoms with Crippen LogP contribution in [0.25, 0.3) is 0 Å². The first-order valence-electron chi connectivity index (χ1n) is 11.6. The molecule has 3 aromatic rings. The van der Waals surface area contributed by atoms with Gasteiger partial charge in [-0.15, -0.1) is 10.2 Å². The van der Waals surface area contributed by atoms with Crippen LogP contribution in [0.2, 0.25) is 0 Å². The Morgan fingerprint density at radius 2 is 1.91 bits per heavy atom. The molecular weight excluding hydrogens is 463 g/mol. The minimum atomic E-state index is -1.52. The predicted octanol–water partition coefficient (Wildman–Crippen LogP) is 2.94. The highest BCUT2D eigenvalue weighted by Gasteiger charge is 2.43. The standard InChI is InChI=1S/C23H24F3N7O2/c1-34-17-8-14(9-27-30-17)32-10-12-2-3-13(11-32)20(12)28-23-29-22-21(35-7-6-33(22)31-23)15-4-5-16(24)19(26)18(15)25/h4-5,8-9,12-13,20-21H,2-3,6-7,10-11H2,1H3,(H,28,31)/t12-,13-,21-/m1/s1. The molecule has 3 atom stereocenters. The van der Waals surface area contributed by atoms with E-state index in [0.29, 0.717) is 36.0 Å². The fourth-order valence-electron chi connectivity index (χ4n) is 5.51. The van der Waals surface area contributed by atoms with Crippen molar-refractivity contribution >= 4 is 11.6 Å². The molecule has 1 aromatic carbocycles. The van der Waals surface area contributed by atoms with Crippen molar-refractivity contribution < 1.29 is 22.6 Å². The average molecular weight is 487 g/mol. The number of benzene rings is 1. The lowest BCUT2D eigenvalue weighted by Crippen LogP contribution is -2.48. The third-order valence-corrected chi connectivity index (χ3v) is 7.19. The molecule has 35 heavy (non-hydrogen) atoms. The van der Waals surface area contributed by atoms with Crippen LogP contribution in [-0.4, -0.2) is 57.8 Å². The van der Waals surface area contributed by atoms with Gasteiger partial charge >= 0.3 is 0 Å². The zero-order valence-electron chi connectivity index (χ0n) is 19.0. The molecule has 6 rings (SSSR count). The fourth-order valence-corrected chi connectivity index (χ4v) is 5.51. The summed E-state index contributed by atoms with van der Waals surface area (Å²) in [4.78, 5) is 6.88. The Hall–Kier alpha value is -3.41. The normalized spacial score (nSPS) is 25.4. The molecule has 12 heteroatoms. The van der Waals surface area contributed by atoms with Gasteiger partial charge in [-0.3, -0.25) is 0 Å². The van der Waals surface area contributed by atoms with Gasteiger partial charge in [-0.2, -0.15) is 10.1 Å². The summed E-state index contributed by atoms with van der Waals surface area (Å²) in [5, 5.41) is 16.0. The Morgan fingerprint density at radius 3 is 2.69 bits per heavy atom. The van der Waals surface area contributed by atoms with Crippen molar-refractivity contribution in [2.24, 2.45) is 11.8 Å². The number of nitrogens with zero attached hydrogens (tertiary/aromatic N) is 6. The van der Waals surface area contributed by atoms with E-state index in [4.69, 9.17) is 9.47 Å². The Balaban J connectivity index is 1.21. The van der Waals surface area contributed by atoms with Gasteiger partial charge in [0.2, 0.25) is 11.8 Å². The molecule has 2 aromatic heterocycles. The molecule has 0 amide bonds. The van der Waals surface area contributed by atoms with E-state index in [1.165, 1.54) is 6.07 Å². The number of nitrogens with one attached hydrogen (secondary N) is 1. The molecule has 2 aliphatic heterocycles. The molecule has 0 unspecified atom stereocenters. The van der Waals surface area contributed by atoms with Gasteiger partial charge in [0.25, 0.3) is 0 Å². The van der Waals surface area contributed by atoms with Gasteiger partial charge in [-0.1, -0.05) is 0 Å². The van der Waals surface area contributed by atoms with E-state index >= 15 is 0 Å². The Labute approximate surface area is 199 Å². The van der Waals surface area contributed by atoms with Gasteiger partial charge in [0.05, 0.1) is 32.1 Å². The van der Waals surface area contributed by atoms with Gasteiger partial charge in [0.1, 0.15) is 6.10 Å². The molecule has 1 saturated heterocycles. The van der Waals surface area contributed by atoms with E-state index < -0.39 is 23.6 Å². The van der Waals surface area contributed by atoms with E-state index in [2.05, 4.69) is 30.5 Å². The lowest BCUT2D eigenvalue weighted by Gasteiger charge is -2.39. The molecule has 2 fully saturated rings. The Bertz CT molecular complexity index is 1240. The van der Waals surface area contributed by atoms with Gasteiger partial charge < -0.3 is 19.7 Å². The molecule has 0 radical (unpaired) electrons. The molecular formula is C23H24F3N7O2. The summed E-state index contributed by atoms with van der Waals surface area (Å²) in [6.07, 6.45) is 2.94. The number of piperidine rings is 1. The second-order valence-electron chi connectivity index (χ2n) is 9.16. The monoisotopic (exact) mass is 487 g/mol. The van der Waals surface area contributed by atoms with Crippen LogP contribution in [0.15, 0.2) is 24.4 Å². The first kappa shape index (κ1) is 22.1. The highest BCUT2D eigenvalue weighted by molar-refractivity contribution is 5.48. The molecule has 184 valence electrons. The number of anilines is 2. The van der Waals surface area contributed by atoms with Crippen LogP contribution in [-0.2, 0) is 11.3 Å². The minimum Gasteiger partial charge on any atom is -0.480 e. The van der Waals surface area contributed by atoms with E-state index in [0.717, 1.165) is 37.7 Å². The van der Waals surface area contributed by atoms with Gasteiger partial charge in [0, 0.05) is 30.8 Å². The molecule has 0 spiro atoms.